The number of benzene rings is 2. The number of H-pyrrole nitrogens is 1. The first-order valence-electron chi connectivity index (χ1n) is 7.54. The molecule has 25 heavy (non-hydrogen) atoms. The van der Waals surface area contributed by atoms with Gasteiger partial charge < -0.3 is 15.0 Å². The summed E-state index contributed by atoms with van der Waals surface area (Å²) in [6.07, 6.45) is 2.95. The molecule has 2 N–H and O–H groups in total. The van der Waals surface area contributed by atoms with Crippen LogP contribution in [0.25, 0.3) is 17.1 Å². The van der Waals surface area contributed by atoms with Crippen molar-refractivity contribution in [3.05, 3.63) is 66.0 Å². The van der Waals surface area contributed by atoms with E-state index >= 15 is 0 Å². The van der Waals surface area contributed by atoms with E-state index in [1.807, 2.05) is 24.3 Å². The van der Waals surface area contributed by atoms with Gasteiger partial charge in [0.25, 0.3) is 0 Å². The van der Waals surface area contributed by atoms with Crippen molar-refractivity contribution >= 4 is 23.0 Å². The zero-order valence-electron chi connectivity index (χ0n) is 13.1. The number of aromatic nitrogens is 2. The van der Waals surface area contributed by atoms with Gasteiger partial charge in [-0.3, -0.25) is 4.79 Å². The van der Waals surface area contributed by atoms with Crippen LogP contribution in [0, 0.1) is 0 Å². The smallest absolute Gasteiger partial charge is 0.387 e. The van der Waals surface area contributed by atoms with Crippen LogP contribution in [0.1, 0.15) is 11.4 Å². The summed E-state index contributed by atoms with van der Waals surface area (Å²) in [6, 6.07) is 13.6. The van der Waals surface area contributed by atoms with Crippen LogP contribution >= 0.6 is 0 Å². The molecule has 0 saturated heterocycles. The van der Waals surface area contributed by atoms with Crippen LogP contribution in [0.2, 0.25) is 0 Å². The Morgan fingerprint density at radius 3 is 2.68 bits per heavy atom. The Balaban J connectivity index is 1.53. The van der Waals surface area contributed by atoms with Crippen molar-refractivity contribution < 1.29 is 18.3 Å². The number of alkyl halides is 2. The number of carbonyl (C=O) groups excluding carboxylic acids is 1. The van der Waals surface area contributed by atoms with Gasteiger partial charge in [-0.05, 0) is 35.9 Å². The lowest BCUT2D eigenvalue weighted by Crippen LogP contribution is -2.20. The Morgan fingerprint density at radius 1 is 1.20 bits per heavy atom. The van der Waals surface area contributed by atoms with E-state index in [1.165, 1.54) is 18.2 Å². The number of carbonyl (C=O) groups is 1. The molecule has 3 aromatic rings. The van der Waals surface area contributed by atoms with Crippen molar-refractivity contribution in [1.29, 1.82) is 0 Å². The van der Waals surface area contributed by atoms with Gasteiger partial charge in [0.1, 0.15) is 11.6 Å². The van der Waals surface area contributed by atoms with Crippen molar-refractivity contribution in [3.63, 3.8) is 0 Å². The Kier molecular flexibility index (Phi) is 5.03. The van der Waals surface area contributed by atoms with E-state index in [0.29, 0.717) is 11.4 Å². The van der Waals surface area contributed by atoms with Gasteiger partial charge in [0, 0.05) is 6.08 Å². The molecule has 0 radical (unpaired) electrons. The summed E-state index contributed by atoms with van der Waals surface area (Å²) in [5.41, 5.74) is 2.45. The lowest BCUT2D eigenvalue weighted by Gasteiger charge is -2.03. The van der Waals surface area contributed by atoms with E-state index in [4.69, 9.17) is 0 Å². The van der Waals surface area contributed by atoms with Gasteiger partial charge >= 0.3 is 6.61 Å². The maximum atomic E-state index is 12.1. The summed E-state index contributed by atoms with van der Waals surface area (Å²) in [5.74, 6) is 0.450. The fraction of sp³-hybridized carbons (Fsp3) is 0.111. The molecule has 0 aliphatic heterocycles. The van der Waals surface area contributed by atoms with Crippen molar-refractivity contribution in [1.82, 2.24) is 15.3 Å². The minimum absolute atomic E-state index is 0.0708. The molecule has 1 heterocycles. The molecule has 0 fully saturated rings. The van der Waals surface area contributed by atoms with Gasteiger partial charge in [-0.15, -0.1) is 0 Å². The number of aromatic amines is 1. The third kappa shape index (κ3) is 4.63. The first-order chi connectivity index (χ1) is 12.1. The molecule has 0 unspecified atom stereocenters. The number of amides is 1. The maximum absolute atomic E-state index is 12.1. The van der Waals surface area contributed by atoms with Crippen LogP contribution in [-0.4, -0.2) is 22.5 Å². The Morgan fingerprint density at radius 2 is 1.96 bits per heavy atom. The van der Waals surface area contributed by atoms with Gasteiger partial charge in [0.05, 0.1) is 17.6 Å². The molecule has 3 rings (SSSR count). The predicted octanol–water partition coefficient (Wildman–Crippen LogP) is 3.49. The third-order valence-electron chi connectivity index (χ3n) is 3.40. The summed E-state index contributed by atoms with van der Waals surface area (Å²) in [5, 5.41) is 2.72. The van der Waals surface area contributed by atoms with Crippen LogP contribution < -0.4 is 10.1 Å². The number of para-hydroxylation sites is 2. The Hall–Kier alpha value is -3.22. The van der Waals surface area contributed by atoms with Crippen molar-refractivity contribution in [2.75, 3.05) is 0 Å². The standard InChI is InChI=1S/C18H15F2N3O2/c19-18(20)25-13-8-5-12(6-9-13)7-10-17(24)21-11-16-22-14-3-1-2-4-15(14)23-16/h1-10,18H,11H2,(H,21,24)(H,22,23)/b10-7+. The SMILES string of the molecule is O=C(/C=C/c1ccc(OC(F)F)cc1)NCc1nc2ccccc2[nH]1. The zero-order valence-corrected chi connectivity index (χ0v) is 13.1. The van der Waals surface area contributed by atoms with Crippen molar-refractivity contribution in [2.24, 2.45) is 0 Å². The Bertz CT molecular complexity index is 856. The first kappa shape index (κ1) is 16.6. The average molecular weight is 343 g/mol. The molecule has 0 aliphatic carbocycles. The average Bonchev–Trinajstić information content (AvgIpc) is 3.02. The highest BCUT2D eigenvalue weighted by molar-refractivity contribution is 5.91. The minimum atomic E-state index is -2.86. The van der Waals surface area contributed by atoms with E-state index in [9.17, 15) is 13.6 Å². The van der Waals surface area contributed by atoms with Crippen LogP contribution in [-0.2, 0) is 11.3 Å². The van der Waals surface area contributed by atoms with E-state index in [-0.39, 0.29) is 18.2 Å². The second-order valence-corrected chi connectivity index (χ2v) is 5.20. The van der Waals surface area contributed by atoms with Gasteiger partial charge in [0.2, 0.25) is 5.91 Å². The van der Waals surface area contributed by atoms with Gasteiger partial charge in [-0.25, -0.2) is 4.98 Å². The molecule has 5 nitrogen and oxygen atoms in total. The van der Waals surface area contributed by atoms with E-state index in [0.717, 1.165) is 11.0 Å². The lowest BCUT2D eigenvalue weighted by molar-refractivity contribution is -0.116. The van der Waals surface area contributed by atoms with Gasteiger partial charge in [-0.1, -0.05) is 24.3 Å². The van der Waals surface area contributed by atoms with Crippen LogP contribution in [0.3, 0.4) is 0 Å². The van der Waals surface area contributed by atoms with E-state index < -0.39 is 6.61 Å². The highest BCUT2D eigenvalue weighted by Crippen LogP contribution is 2.15. The quantitative estimate of drug-likeness (QED) is 0.673. The summed E-state index contributed by atoms with van der Waals surface area (Å²) in [4.78, 5) is 19.3. The third-order valence-corrected chi connectivity index (χ3v) is 3.40. The molecular formula is C18H15F2N3O2. The molecule has 128 valence electrons. The van der Waals surface area contributed by atoms with Crippen LogP contribution in [0.5, 0.6) is 5.75 Å². The highest BCUT2D eigenvalue weighted by Gasteiger charge is 2.04. The topological polar surface area (TPSA) is 67.0 Å². The fourth-order valence-corrected chi connectivity index (χ4v) is 2.25. The number of hydrogen-bond donors (Lipinski definition) is 2. The summed E-state index contributed by atoms with van der Waals surface area (Å²) >= 11 is 0. The summed E-state index contributed by atoms with van der Waals surface area (Å²) < 4.78 is 28.4. The second kappa shape index (κ2) is 7.57. The molecule has 1 aromatic heterocycles. The lowest BCUT2D eigenvalue weighted by atomic mass is 10.2. The number of nitrogens with one attached hydrogen (secondary N) is 2. The molecule has 7 heteroatoms. The van der Waals surface area contributed by atoms with Crippen LogP contribution in [0.4, 0.5) is 8.78 Å². The molecule has 1 amide bonds. The second-order valence-electron chi connectivity index (χ2n) is 5.20. The largest absolute Gasteiger partial charge is 0.435 e. The van der Waals surface area contributed by atoms with Crippen molar-refractivity contribution in [2.45, 2.75) is 13.2 Å². The number of fused-ring (bicyclic) bond motifs is 1. The number of rotatable bonds is 6. The monoisotopic (exact) mass is 343 g/mol. The molecule has 0 saturated carbocycles. The summed E-state index contributed by atoms with van der Waals surface area (Å²) in [6.45, 7) is -2.58. The Labute approximate surface area is 142 Å². The normalized spacial score (nSPS) is 11.3. The zero-order chi connectivity index (χ0) is 17.6. The summed E-state index contributed by atoms with van der Waals surface area (Å²) in [7, 11) is 0. The molecule has 0 spiro atoms. The first-order valence-corrected chi connectivity index (χ1v) is 7.54. The van der Waals surface area contributed by atoms with E-state index in [2.05, 4.69) is 20.0 Å². The fourth-order valence-electron chi connectivity index (χ4n) is 2.25. The molecule has 0 bridgehead atoms. The van der Waals surface area contributed by atoms with Crippen molar-refractivity contribution in [3.8, 4) is 5.75 Å². The maximum Gasteiger partial charge on any atom is 0.387 e. The number of imidazole rings is 1. The van der Waals surface area contributed by atoms with Gasteiger partial charge in [-0.2, -0.15) is 8.78 Å². The van der Waals surface area contributed by atoms with E-state index in [1.54, 1.807) is 18.2 Å². The molecule has 0 aliphatic rings. The number of nitrogens with zero attached hydrogens (tertiary/aromatic N) is 1. The highest BCUT2D eigenvalue weighted by atomic mass is 19.3. The van der Waals surface area contributed by atoms with Crippen LogP contribution in [0.15, 0.2) is 54.6 Å². The number of ether oxygens (including phenoxy) is 1. The molecule has 2 aromatic carbocycles. The predicted molar refractivity (Wildman–Crippen MR) is 90.0 cm³/mol. The van der Waals surface area contributed by atoms with Gasteiger partial charge in [0.15, 0.2) is 0 Å². The number of hydrogen-bond acceptors (Lipinski definition) is 3. The minimum Gasteiger partial charge on any atom is -0.435 e. The molecule has 0 atom stereocenters. The number of halogens is 2. The molecular weight excluding hydrogens is 328 g/mol.